The normalized spacial score (nSPS) is 16.1. The molecule has 1 atom stereocenters. The summed E-state index contributed by atoms with van der Waals surface area (Å²) in [4.78, 5) is 17.0. The zero-order chi connectivity index (χ0) is 16.7. The maximum absolute atomic E-state index is 12.4. The summed E-state index contributed by atoms with van der Waals surface area (Å²) in [6, 6.07) is 13.1. The molecule has 2 heterocycles. The number of ether oxygens (including phenoxy) is 2. The molecule has 24 heavy (non-hydrogen) atoms. The summed E-state index contributed by atoms with van der Waals surface area (Å²) in [7, 11) is 3.25. The highest BCUT2D eigenvalue weighted by atomic mass is 16.5. The van der Waals surface area contributed by atoms with Crippen molar-refractivity contribution in [3.8, 4) is 11.5 Å². The molecule has 1 aromatic heterocycles. The predicted octanol–water partition coefficient (Wildman–Crippen LogP) is 2.91. The van der Waals surface area contributed by atoms with E-state index in [2.05, 4.69) is 10.3 Å². The zero-order valence-electron chi connectivity index (χ0n) is 13.4. The molecule has 0 fully saturated rings. The van der Waals surface area contributed by atoms with E-state index in [-0.39, 0.29) is 12.1 Å². The van der Waals surface area contributed by atoms with Gasteiger partial charge in [-0.25, -0.2) is 14.3 Å². The zero-order valence-corrected chi connectivity index (χ0v) is 13.4. The average Bonchev–Trinajstić information content (AvgIpc) is 3.13. The van der Waals surface area contributed by atoms with Crippen molar-refractivity contribution < 1.29 is 14.3 Å². The van der Waals surface area contributed by atoms with E-state index in [1.165, 1.54) is 0 Å². The summed E-state index contributed by atoms with van der Waals surface area (Å²) >= 11 is 0. The number of amides is 1. The molecule has 2 aromatic carbocycles. The predicted molar refractivity (Wildman–Crippen MR) is 89.7 cm³/mol. The molecule has 0 saturated heterocycles. The van der Waals surface area contributed by atoms with Gasteiger partial charge in [-0.3, -0.25) is 0 Å². The minimum absolute atomic E-state index is 0.149. The van der Waals surface area contributed by atoms with E-state index in [0.29, 0.717) is 12.2 Å². The van der Waals surface area contributed by atoms with Gasteiger partial charge in [0.15, 0.2) is 0 Å². The van der Waals surface area contributed by atoms with Gasteiger partial charge >= 0.3 is 6.03 Å². The van der Waals surface area contributed by atoms with Gasteiger partial charge in [0.25, 0.3) is 0 Å². The molecular weight excluding hydrogens is 306 g/mol. The van der Waals surface area contributed by atoms with Crippen LogP contribution in [0.4, 0.5) is 4.79 Å². The van der Waals surface area contributed by atoms with Crippen molar-refractivity contribution in [2.75, 3.05) is 14.2 Å². The number of carbonyl (C=O) groups excluding carboxylic acids is 1. The van der Waals surface area contributed by atoms with Crippen molar-refractivity contribution in [1.29, 1.82) is 0 Å². The van der Waals surface area contributed by atoms with E-state index in [9.17, 15) is 4.79 Å². The van der Waals surface area contributed by atoms with Crippen LogP contribution in [0.25, 0.3) is 11.0 Å². The molecule has 1 amide bonds. The molecule has 122 valence electrons. The summed E-state index contributed by atoms with van der Waals surface area (Å²) in [5, 5.41) is 3.00. The number of methoxy groups -OCH3 is 2. The Kier molecular flexibility index (Phi) is 3.37. The minimum Gasteiger partial charge on any atom is -0.497 e. The second-order valence-electron chi connectivity index (χ2n) is 5.71. The van der Waals surface area contributed by atoms with Gasteiger partial charge in [-0.2, -0.15) is 0 Å². The SMILES string of the molecule is COc1ccc(C[C@H]2NC(=O)n3c2nc2ccc(OC)cc23)cc1. The number of fused-ring (bicyclic) bond motifs is 3. The summed E-state index contributed by atoms with van der Waals surface area (Å²) in [5.74, 6) is 2.25. The van der Waals surface area contributed by atoms with Crippen LogP contribution in [0.3, 0.4) is 0 Å². The molecule has 6 nitrogen and oxygen atoms in total. The molecule has 1 N–H and O–H groups in total. The number of nitrogens with one attached hydrogen (secondary N) is 1. The highest BCUT2D eigenvalue weighted by Gasteiger charge is 2.32. The van der Waals surface area contributed by atoms with Crippen LogP contribution in [0.1, 0.15) is 17.4 Å². The third kappa shape index (κ3) is 2.27. The molecule has 0 aliphatic carbocycles. The third-order valence-electron chi connectivity index (χ3n) is 4.30. The van der Waals surface area contributed by atoms with Crippen LogP contribution in [-0.2, 0) is 6.42 Å². The fourth-order valence-corrected chi connectivity index (χ4v) is 3.07. The van der Waals surface area contributed by atoms with E-state index < -0.39 is 0 Å². The third-order valence-corrected chi connectivity index (χ3v) is 4.30. The molecule has 0 spiro atoms. The topological polar surface area (TPSA) is 65.4 Å². The number of carbonyl (C=O) groups is 1. The van der Waals surface area contributed by atoms with Crippen LogP contribution in [0.2, 0.25) is 0 Å². The maximum atomic E-state index is 12.4. The van der Waals surface area contributed by atoms with Gasteiger partial charge < -0.3 is 14.8 Å². The molecular formula is C18H17N3O3. The van der Waals surface area contributed by atoms with E-state index in [4.69, 9.17) is 9.47 Å². The van der Waals surface area contributed by atoms with E-state index in [1.807, 2.05) is 42.5 Å². The average molecular weight is 323 g/mol. The van der Waals surface area contributed by atoms with Crippen molar-refractivity contribution >= 4 is 17.1 Å². The lowest BCUT2D eigenvalue weighted by molar-refractivity contribution is 0.245. The first-order valence-electron chi connectivity index (χ1n) is 7.70. The Morgan fingerprint density at radius 2 is 1.79 bits per heavy atom. The summed E-state index contributed by atoms with van der Waals surface area (Å²) in [6.07, 6.45) is 0.677. The quantitative estimate of drug-likeness (QED) is 0.802. The lowest BCUT2D eigenvalue weighted by atomic mass is 10.1. The minimum atomic E-state index is -0.153. The Bertz CT molecular complexity index is 915. The van der Waals surface area contributed by atoms with Gasteiger partial charge in [-0.1, -0.05) is 12.1 Å². The smallest absolute Gasteiger partial charge is 0.328 e. The molecule has 1 aliphatic heterocycles. The van der Waals surface area contributed by atoms with Crippen LogP contribution in [-0.4, -0.2) is 29.8 Å². The summed E-state index contributed by atoms with van der Waals surface area (Å²) in [6.45, 7) is 0. The molecule has 0 radical (unpaired) electrons. The second kappa shape index (κ2) is 5.56. The van der Waals surface area contributed by atoms with Crippen LogP contribution >= 0.6 is 0 Å². The summed E-state index contributed by atoms with van der Waals surface area (Å²) in [5.41, 5.74) is 2.67. The van der Waals surface area contributed by atoms with Gasteiger partial charge in [0, 0.05) is 6.07 Å². The summed E-state index contributed by atoms with van der Waals surface area (Å²) < 4.78 is 12.1. The molecule has 4 rings (SSSR count). The molecule has 6 heteroatoms. The molecule has 1 aliphatic rings. The Morgan fingerprint density at radius 3 is 2.50 bits per heavy atom. The van der Waals surface area contributed by atoms with Gasteiger partial charge in [-0.15, -0.1) is 0 Å². The standard InChI is InChI=1S/C18H17N3O3/c1-23-12-5-3-11(4-6-12)9-15-17-19-14-8-7-13(24-2)10-16(14)21(17)18(22)20-15/h3-8,10,15H,9H2,1-2H3,(H,20,22)/t15-/m1/s1. The molecule has 3 aromatic rings. The van der Waals surface area contributed by atoms with Crippen molar-refractivity contribution in [2.45, 2.75) is 12.5 Å². The van der Waals surface area contributed by atoms with Gasteiger partial charge in [0.2, 0.25) is 0 Å². The Balaban J connectivity index is 1.70. The molecule has 0 saturated carbocycles. The van der Waals surface area contributed by atoms with Crippen LogP contribution in [0, 0.1) is 0 Å². The first kappa shape index (κ1) is 14.6. The Labute approximate surface area is 139 Å². The van der Waals surface area contributed by atoms with Gasteiger partial charge in [0.05, 0.1) is 31.3 Å². The first-order chi connectivity index (χ1) is 11.7. The number of aromatic nitrogens is 2. The largest absolute Gasteiger partial charge is 0.497 e. The second-order valence-corrected chi connectivity index (χ2v) is 5.71. The van der Waals surface area contributed by atoms with Crippen molar-refractivity contribution in [2.24, 2.45) is 0 Å². The van der Waals surface area contributed by atoms with E-state index in [1.54, 1.807) is 18.8 Å². The Hall–Kier alpha value is -3.02. The fraction of sp³-hybridized carbons (Fsp3) is 0.222. The first-order valence-corrected chi connectivity index (χ1v) is 7.70. The van der Waals surface area contributed by atoms with E-state index >= 15 is 0 Å². The lowest BCUT2D eigenvalue weighted by Gasteiger charge is -2.09. The molecule has 0 bridgehead atoms. The van der Waals surface area contributed by atoms with Crippen molar-refractivity contribution in [1.82, 2.24) is 14.9 Å². The van der Waals surface area contributed by atoms with Crippen LogP contribution in [0.5, 0.6) is 11.5 Å². The molecule has 0 unspecified atom stereocenters. The monoisotopic (exact) mass is 323 g/mol. The maximum Gasteiger partial charge on any atom is 0.328 e. The van der Waals surface area contributed by atoms with Crippen LogP contribution in [0.15, 0.2) is 42.5 Å². The van der Waals surface area contributed by atoms with Gasteiger partial charge in [0.1, 0.15) is 17.3 Å². The fourth-order valence-electron chi connectivity index (χ4n) is 3.07. The van der Waals surface area contributed by atoms with E-state index in [0.717, 1.165) is 28.2 Å². The number of imidazole rings is 1. The number of hydrogen-bond acceptors (Lipinski definition) is 4. The number of rotatable bonds is 4. The van der Waals surface area contributed by atoms with Gasteiger partial charge in [-0.05, 0) is 36.2 Å². The van der Waals surface area contributed by atoms with Crippen molar-refractivity contribution in [3.05, 3.63) is 53.9 Å². The highest BCUT2D eigenvalue weighted by Crippen LogP contribution is 2.30. The van der Waals surface area contributed by atoms with Crippen molar-refractivity contribution in [3.63, 3.8) is 0 Å². The number of nitrogens with zero attached hydrogens (tertiary/aromatic N) is 2. The van der Waals surface area contributed by atoms with Crippen LogP contribution < -0.4 is 14.8 Å². The number of hydrogen-bond donors (Lipinski definition) is 1. The highest BCUT2D eigenvalue weighted by molar-refractivity contribution is 5.93. The number of benzene rings is 2. The Morgan fingerprint density at radius 1 is 1.08 bits per heavy atom. The lowest BCUT2D eigenvalue weighted by Crippen LogP contribution is -2.22.